The SMILES string of the molecule is CC(C)(O)C1CC[C@@]2(C)C1CC[C@]1(C)C2CCC2[C@@]3(C)CCCC(C)(C)C3CC[C@]21C. The van der Waals surface area contributed by atoms with Crippen LogP contribution in [0, 0.1) is 56.7 Å². The van der Waals surface area contributed by atoms with Gasteiger partial charge in [0.2, 0.25) is 0 Å². The van der Waals surface area contributed by atoms with Crippen LogP contribution < -0.4 is 0 Å². The Bertz CT molecular complexity index is 731. The fourth-order valence-electron chi connectivity index (χ4n) is 12.1. The molecule has 9 atom stereocenters. The van der Waals surface area contributed by atoms with Crippen LogP contribution in [-0.4, -0.2) is 10.7 Å². The Labute approximate surface area is 193 Å². The summed E-state index contributed by atoms with van der Waals surface area (Å²) in [7, 11) is 0. The predicted molar refractivity (Wildman–Crippen MR) is 131 cm³/mol. The van der Waals surface area contributed by atoms with Crippen LogP contribution in [0.1, 0.15) is 126 Å². The van der Waals surface area contributed by atoms with E-state index in [1.807, 2.05) is 0 Å². The molecule has 0 saturated heterocycles. The summed E-state index contributed by atoms with van der Waals surface area (Å²) in [5, 5.41) is 11.0. The van der Waals surface area contributed by atoms with Gasteiger partial charge < -0.3 is 5.11 Å². The third kappa shape index (κ3) is 2.77. The highest BCUT2D eigenvalue weighted by Gasteiger charge is 2.70. The van der Waals surface area contributed by atoms with Crippen molar-refractivity contribution in [2.24, 2.45) is 56.7 Å². The highest BCUT2D eigenvalue weighted by molar-refractivity contribution is 5.19. The third-order valence-electron chi connectivity index (χ3n) is 13.6. The lowest BCUT2D eigenvalue weighted by Gasteiger charge is -2.73. The summed E-state index contributed by atoms with van der Waals surface area (Å²) in [6, 6.07) is 0. The van der Waals surface area contributed by atoms with Gasteiger partial charge in [0.05, 0.1) is 5.60 Å². The van der Waals surface area contributed by atoms with Crippen LogP contribution in [0.25, 0.3) is 0 Å². The molecule has 0 aliphatic heterocycles. The van der Waals surface area contributed by atoms with E-state index in [9.17, 15) is 5.11 Å². The van der Waals surface area contributed by atoms with Crippen LogP contribution in [0.3, 0.4) is 0 Å². The van der Waals surface area contributed by atoms with Gasteiger partial charge >= 0.3 is 0 Å². The van der Waals surface area contributed by atoms with Gasteiger partial charge in [-0.05, 0) is 135 Å². The third-order valence-corrected chi connectivity index (χ3v) is 13.6. The van der Waals surface area contributed by atoms with E-state index < -0.39 is 5.60 Å². The van der Waals surface area contributed by atoms with E-state index in [4.69, 9.17) is 0 Å². The highest BCUT2D eigenvalue weighted by Crippen LogP contribution is 2.78. The Morgan fingerprint density at radius 1 is 0.613 bits per heavy atom. The lowest BCUT2D eigenvalue weighted by molar-refractivity contribution is -0.243. The maximum Gasteiger partial charge on any atom is 0.0622 e. The lowest BCUT2D eigenvalue weighted by Crippen LogP contribution is -2.66. The molecule has 0 radical (unpaired) electrons. The monoisotopic (exact) mass is 428 g/mol. The van der Waals surface area contributed by atoms with Crippen LogP contribution >= 0.6 is 0 Å². The number of hydrogen-bond donors (Lipinski definition) is 1. The van der Waals surface area contributed by atoms with Crippen LogP contribution in [0.5, 0.6) is 0 Å². The Morgan fingerprint density at radius 3 is 1.81 bits per heavy atom. The van der Waals surface area contributed by atoms with Gasteiger partial charge in [-0.15, -0.1) is 0 Å². The van der Waals surface area contributed by atoms with Crippen LogP contribution in [0.15, 0.2) is 0 Å². The van der Waals surface area contributed by atoms with Crippen LogP contribution in [-0.2, 0) is 0 Å². The molecule has 178 valence electrons. The van der Waals surface area contributed by atoms with E-state index in [2.05, 4.69) is 55.4 Å². The molecule has 1 N–H and O–H groups in total. The minimum Gasteiger partial charge on any atom is -0.390 e. The molecule has 5 aliphatic rings. The fraction of sp³-hybridized carbons (Fsp3) is 1.00. The number of fused-ring (bicyclic) bond motifs is 7. The Kier molecular flexibility index (Phi) is 4.80. The summed E-state index contributed by atoms with van der Waals surface area (Å²) in [5.41, 5.74) is 1.97. The van der Waals surface area contributed by atoms with Crippen molar-refractivity contribution in [3.8, 4) is 0 Å². The molecule has 5 saturated carbocycles. The second-order valence-electron chi connectivity index (χ2n) is 15.4. The summed E-state index contributed by atoms with van der Waals surface area (Å²) in [6.45, 7) is 20.3. The normalized spacial score (nSPS) is 56.2. The standard InChI is InChI=1S/C30H52O/c1-25(2)15-9-16-28(6)22(25)14-19-30(8)24(28)11-10-23-27(5)17-12-20(26(3,4)31)21(27)13-18-29(23,30)7/h20-24,31H,9-19H2,1-8H3/t20?,21?,22?,23?,24?,27-,28-,29+,30+/m0/s1. The first-order valence-corrected chi connectivity index (χ1v) is 13.9. The maximum atomic E-state index is 11.0. The van der Waals surface area contributed by atoms with Crippen molar-refractivity contribution >= 4 is 0 Å². The fourth-order valence-corrected chi connectivity index (χ4v) is 12.1. The Morgan fingerprint density at radius 2 is 1.19 bits per heavy atom. The Hall–Kier alpha value is -0.0400. The van der Waals surface area contributed by atoms with Gasteiger partial charge in [0.1, 0.15) is 0 Å². The lowest BCUT2D eigenvalue weighted by atomic mass is 9.32. The largest absolute Gasteiger partial charge is 0.390 e. The van der Waals surface area contributed by atoms with Gasteiger partial charge in [0.15, 0.2) is 0 Å². The Balaban J connectivity index is 1.52. The van der Waals surface area contributed by atoms with Gasteiger partial charge in [-0.3, -0.25) is 0 Å². The zero-order valence-electron chi connectivity index (χ0n) is 22.1. The summed E-state index contributed by atoms with van der Waals surface area (Å²) < 4.78 is 0. The average molecular weight is 429 g/mol. The first-order chi connectivity index (χ1) is 14.2. The van der Waals surface area contributed by atoms with Crippen molar-refractivity contribution in [1.82, 2.24) is 0 Å². The molecule has 0 spiro atoms. The molecule has 0 aromatic rings. The first kappa shape index (κ1) is 22.7. The maximum absolute atomic E-state index is 11.0. The molecule has 0 amide bonds. The second-order valence-corrected chi connectivity index (χ2v) is 15.4. The summed E-state index contributed by atoms with van der Waals surface area (Å²) in [4.78, 5) is 0. The summed E-state index contributed by atoms with van der Waals surface area (Å²) >= 11 is 0. The summed E-state index contributed by atoms with van der Waals surface area (Å²) in [6.07, 6.45) is 15.5. The zero-order valence-corrected chi connectivity index (χ0v) is 22.1. The molecule has 0 bridgehead atoms. The van der Waals surface area contributed by atoms with Gasteiger partial charge in [-0.2, -0.15) is 0 Å². The van der Waals surface area contributed by atoms with E-state index >= 15 is 0 Å². The zero-order chi connectivity index (χ0) is 22.7. The average Bonchev–Trinajstić information content (AvgIpc) is 2.99. The molecular formula is C30H52O. The molecule has 5 aliphatic carbocycles. The number of aliphatic hydroxyl groups is 1. The second kappa shape index (κ2) is 6.55. The van der Waals surface area contributed by atoms with Crippen molar-refractivity contribution in [3.63, 3.8) is 0 Å². The van der Waals surface area contributed by atoms with Crippen molar-refractivity contribution in [3.05, 3.63) is 0 Å². The van der Waals surface area contributed by atoms with Crippen molar-refractivity contribution in [2.75, 3.05) is 0 Å². The van der Waals surface area contributed by atoms with Crippen LogP contribution in [0.2, 0.25) is 0 Å². The van der Waals surface area contributed by atoms with E-state index in [0.717, 1.165) is 23.7 Å². The molecule has 31 heavy (non-hydrogen) atoms. The molecule has 0 aromatic heterocycles. The molecule has 5 unspecified atom stereocenters. The van der Waals surface area contributed by atoms with Gasteiger partial charge in [0, 0.05) is 0 Å². The molecule has 0 heterocycles. The highest BCUT2D eigenvalue weighted by atomic mass is 16.3. The number of hydrogen-bond acceptors (Lipinski definition) is 1. The van der Waals surface area contributed by atoms with Crippen LogP contribution in [0.4, 0.5) is 0 Å². The molecule has 1 heteroatoms. The van der Waals surface area contributed by atoms with Crippen molar-refractivity contribution in [1.29, 1.82) is 0 Å². The van der Waals surface area contributed by atoms with Gasteiger partial charge in [-0.1, -0.05) is 48.0 Å². The van der Waals surface area contributed by atoms with Crippen molar-refractivity contribution < 1.29 is 5.11 Å². The minimum absolute atomic E-state index is 0.440. The molecular weight excluding hydrogens is 376 g/mol. The molecule has 1 nitrogen and oxygen atoms in total. The molecule has 5 rings (SSSR count). The van der Waals surface area contributed by atoms with E-state index in [0.29, 0.717) is 33.0 Å². The van der Waals surface area contributed by atoms with E-state index in [1.54, 1.807) is 0 Å². The minimum atomic E-state index is -0.517. The molecule has 5 fully saturated rings. The smallest absolute Gasteiger partial charge is 0.0622 e. The number of rotatable bonds is 1. The predicted octanol–water partition coefficient (Wildman–Crippen LogP) is 8.25. The van der Waals surface area contributed by atoms with E-state index in [1.165, 1.54) is 70.6 Å². The van der Waals surface area contributed by atoms with Gasteiger partial charge in [-0.25, -0.2) is 0 Å². The first-order valence-electron chi connectivity index (χ1n) is 13.9. The molecule has 0 aromatic carbocycles. The van der Waals surface area contributed by atoms with Gasteiger partial charge in [0.25, 0.3) is 0 Å². The quantitative estimate of drug-likeness (QED) is 0.445. The summed E-state index contributed by atoms with van der Waals surface area (Å²) in [5.74, 6) is 3.91. The topological polar surface area (TPSA) is 20.2 Å². The van der Waals surface area contributed by atoms with E-state index in [-0.39, 0.29) is 0 Å². The van der Waals surface area contributed by atoms with Crippen molar-refractivity contribution in [2.45, 2.75) is 132 Å².